The molecule has 0 unspecified atom stereocenters. The highest BCUT2D eigenvalue weighted by atomic mass is 16.4. The zero-order chi connectivity index (χ0) is 19.1. The number of aliphatic carboxylic acids is 2. The first-order valence-corrected chi connectivity index (χ1v) is 7.15. The molecule has 128 valence electrons. The number of carboxylic acid groups (broad SMARTS) is 2. The second-order valence-corrected chi connectivity index (χ2v) is 4.59. The fraction of sp³-hybridized carbons (Fsp3) is 0.0500. The Morgan fingerprint density at radius 1 is 1.16 bits per heavy atom. The Hall–Kier alpha value is -3.65. The van der Waals surface area contributed by atoms with Crippen LogP contribution in [0.3, 0.4) is 0 Å². The molecule has 0 aliphatic rings. The van der Waals surface area contributed by atoms with Crippen LogP contribution in [0, 0.1) is 11.3 Å². The number of hydrogen-bond donors (Lipinski definition) is 2. The lowest BCUT2D eigenvalue weighted by Crippen LogP contribution is -2.04. The maximum absolute atomic E-state index is 9.87. The summed E-state index contributed by atoms with van der Waals surface area (Å²) in [5.41, 5.74) is 1.66. The van der Waals surface area contributed by atoms with Gasteiger partial charge in [0.1, 0.15) is 0 Å². The highest BCUT2D eigenvalue weighted by Crippen LogP contribution is 2.06. The smallest absolute Gasteiger partial charge is 0.331 e. The summed E-state index contributed by atoms with van der Waals surface area (Å²) in [6, 6.07) is 12.0. The molecule has 0 fully saturated rings. The number of hydrogen-bond acceptors (Lipinski definition) is 3. The minimum Gasteiger partial charge on any atom is -0.481 e. The summed E-state index contributed by atoms with van der Waals surface area (Å²) < 4.78 is 0. The van der Waals surface area contributed by atoms with Crippen LogP contribution in [0.25, 0.3) is 6.08 Å². The van der Waals surface area contributed by atoms with Gasteiger partial charge in [0.2, 0.25) is 0 Å². The van der Waals surface area contributed by atoms with Crippen LogP contribution in [0.5, 0.6) is 0 Å². The van der Waals surface area contributed by atoms with Gasteiger partial charge in [-0.3, -0.25) is 4.79 Å². The van der Waals surface area contributed by atoms with E-state index in [1.165, 1.54) is 6.08 Å². The van der Waals surface area contributed by atoms with Crippen LogP contribution < -0.4 is 0 Å². The van der Waals surface area contributed by atoms with E-state index >= 15 is 0 Å². The molecule has 0 aliphatic heterocycles. The van der Waals surface area contributed by atoms with Crippen molar-refractivity contribution in [3.63, 3.8) is 0 Å². The first-order chi connectivity index (χ1) is 11.9. The topological polar surface area (TPSA) is 98.4 Å². The monoisotopic (exact) mass is 337 g/mol. The van der Waals surface area contributed by atoms with E-state index in [2.05, 4.69) is 13.2 Å². The van der Waals surface area contributed by atoms with Crippen LogP contribution >= 0.6 is 0 Å². The summed E-state index contributed by atoms with van der Waals surface area (Å²) in [7, 11) is 0. The molecule has 5 heteroatoms. The number of rotatable bonds is 7. The number of nitriles is 1. The molecule has 1 rings (SSSR count). The Balaban J connectivity index is 0.000000547. The molecular formula is C20H19NO4. The van der Waals surface area contributed by atoms with Crippen molar-refractivity contribution in [2.45, 2.75) is 6.42 Å². The van der Waals surface area contributed by atoms with Gasteiger partial charge < -0.3 is 10.2 Å². The molecule has 0 radical (unpaired) electrons. The average Bonchev–Trinajstić information content (AvgIpc) is 2.58. The zero-order valence-electron chi connectivity index (χ0n) is 13.6. The van der Waals surface area contributed by atoms with E-state index in [-0.39, 0.29) is 5.57 Å². The van der Waals surface area contributed by atoms with Crippen molar-refractivity contribution < 1.29 is 19.8 Å². The minimum absolute atomic E-state index is 0.303. The quantitative estimate of drug-likeness (QED) is 0.445. The second kappa shape index (κ2) is 12.9. The molecular weight excluding hydrogens is 318 g/mol. The zero-order valence-corrected chi connectivity index (χ0v) is 13.6. The highest BCUT2D eigenvalue weighted by molar-refractivity contribution is 5.91. The molecule has 0 amide bonds. The summed E-state index contributed by atoms with van der Waals surface area (Å²) >= 11 is 0. The molecule has 0 heterocycles. The molecule has 0 aromatic heterocycles. The fourth-order valence-electron chi connectivity index (χ4n) is 1.42. The predicted octanol–water partition coefficient (Wildman–Crippen LogP) is 3.99. The Labute approximate surface area is 146 Å². The van der Waals surface area contributed by atoms with Gasteiger partial charge in [-0.25, -0.2) is 4.79 Å². The molecule has 2 N–H and O–H groups in total. The number of carboxylic acids is 2. The Kier molecular flexibility index (Phi) is 11.0. The number of carbonyl (C=O) groups is 2. The SMILES string of the molecule is C=C(CC(=O)O)C(=O)O.C=CC=CC(C=Cc1ccccc1)=CC#N. The van der Waals surface area contributed by atoms with Crippen LogP contribution in [0.1, 0.15) is 12.0 Å². The lowest BCUT2D eigenvalue weighted by Gasteiger charge is -1.92. The highest BCUT2D eigenvalue weighted by Gasteiger charge is 2.07. The van der Waals surface area contributed by atoms with Crippen LogP contribution in [-0.4, -0.2) is 22.2 Å². The van der Waals surface area contributed by atoms with E-state index in [1.807, 2.05) is 54.6 Å². The number of benzene rings is 1. The first-order valence-electron chi connectivity index (χ1n) is 7.15. The van der Waals surface area contributed by atoms with Crippen molar-refractivity contribution in [1.29, 1.82) is 5.26 Å². The Morgan fingerprint density at radius 2 is 1.80 bits per heavy atom. The van der Waals surface area contributed by atoms with Crippen molar-refractivity contribution in [2.75, 3.05) is 0 Å². The van der Waals surface area contributed by atoms with Crippen LogP contribution in [0.4, 0.5) is 0 Å². The van der Waals surface area contributed by atoms with Crippen molar-refractivity contribution in [1.82, 2.24) is 0 Å². The lowest BCUT2D eigenvalue weighted by molar-refractivity contribution is -0.139. The maximum atomic E-state index is 9.87. The molecule has 0 spiro atoms. The Bertz CT molecular complexity index is 735. The number of allylic oxidation sites excluding steroid dienone is 6. The molecule has 25 heavy (non-hydrogen) atoms. The third-order valence-electron chi connectivity index (χ3n) is 2.59. The predicted molar refractivity (Wildman–Crippen MR) is 97.5 cm³/mol. The van der Waals surface area contributed by atoms with Gasteiger partial charge in [-0.05, 0) is 11.1 Å². The van der Waals surface area contributed by atoms with E-state index < -0.39 is 18.4 Å². The summed E-state index contributed by atoms with van der Waals surface area (Å²) in [6.07, 6.45) is 10.2. The van der Waals surface area contributed by atoms with Gasteiger partial charge in [0.15, 0.2) is 0 Å². The molecule has 5 nitrogen and oxygen atoms in total. The van der Waals surface area contributed by atoms with Crippen molar-refractivity contribution in [2.24, 2.45) is 0 Å². The summed E-state index contributed by atoms with van der Waals surface area (Å²) in [4.78, 5) is 19.7. The standard InChI is InChI=1S/C15H13N.C5H6O4/c1-2-3-7-15(12-13-16)11-10-14-8-5-4-6-9-14;1-3(5(8)9)2-4(6)7/h2-12H,1H2;1-2H2,(H,6,7)(H,8,9). The maximum Gasteiger partial charge on any atom is 0.331 e. The molecule has 1 aromatic carbocycles. The molecule has 0 aliphatic carbocycles. The van der Waals surface area contributed by atoms with Gasteiger partial charge in [0, 0.05) is 11.6 Å². The Morgan fingerprint density at radius 3 is 2.24 bits per heavy atom. The van der Waals surface area contributed by atoms with E-state index in [0.29, 0.717) is 0 Å². The van der Waals surface area contributed by atoms with E-state index in [4.69, 9.17) is 15.5 Å². The largest absolute Gasteiger partial charge is 0.481 e. The molecule has 0 atom stereocenters. The second-order valence-electron chi connectivity index (χ2n) is 4.59. The van der Waals surface area contributed by atoms with Crippen molar-refractivity contribution in [3.05, 3.63) is 90.6 Å². The van der Waals surface area contributed by atoms with Crippen LogP contribution in [-0.2, 0) is 9.59 Å². The first kappa shape index (κ1) is 21.4. The molecule has 0 bridgehead atoms. The van der Waals surface area contributed by atoms with Gasteiger partial charge in [0.05, 0.1) is 12.5 Å². The van der Waals surface area contributed by atoms with Gasteiger partial charge in [-0.15, -0.1) is 0 Å². The third kappa shape index (κ3) is 11.6. The van der Waals surface area contributed by atoms with Crippen LogP contribution in [0.2, 0.25) is 0 Å². The lowest BCUT2D eigenvalue weighted by atomic mass is 10.1. The van der Waals surface area contributed by atoms with Gasteiger partial charge in [-0.1, -0.05) is 73.9 Å². The third-order valence-corrected chi connectivity index (χ3v) is 2.59. The van der Waals surface area contributed by atoms with E-state index in [1.54, 1.807) is 12.2 Å². The van der Waals surface area contributed by atoms with Gasteiger partial charge in [0.25, 0.3) is 0 Å². The van der Waals surface area contributed by atoms with Gasteiger partial charge >= 0.3 is 11.9 Å². The minimum atomic E-state index is -1.27. The normalized spacial score (nSPS) is 10.6. The van der Waals surface area contributed by atoms with E-state index in [9.17, 15) is 9.59 Å². The van der Waals surface area contributed by atoms with Gasteiger partial charge in [-0.2, -0.15) is 5.26 Å². The summed E-state index contributed by atoms with van der Waals surface area (Å²) in [6.45, 7) is 6.60. The average molecular weight is 337 g/mol. The fourth-order valence-corrected chi connectivity index (χ4v) is 1.42. The van der Waals surface area contributed by atoms with Crippen molar-refractivity contribution >= 4 is 18.0 Å². The summed E-state index contributed by atoms with van der Waals surface area (Å²) in [5, 5.41) is 24.7. The van der Waals surface area contributed by atoms with Crippen molar-refractivity contribution in [3.8, 4) is 6.07 Å². The molecule has 1 aromatic rings. The van der Waals surface area contributed by atoms with E-state index in [0.717, 1.165) is 11.1 Å². The summed E-state index contributed by atoms with van der Waals surface area (Å²) in [5.74, 6) is -2.44. The van der Waals surface area contributed by atoms with Crippen LogP contribution in [0.15, 0.2) is 85.0 Å². The molecule has 0 saturated carbocycles. The number of nitrogens with zero attached hydrogens (tertiary/aromatic N) is 1. The molecule has 0 saturated heterocycles.